The van der Waals surface area contributed by atoms with Gasteiger partial charge < -0.3 is 14.8 Å². The van der Waals surface area contributed by atoms with Crippen LogP contribution in [0.1, 0.15) is 31.8 Å². The summed E-state index contributed by atoms with van der Waals surface area (Å²) in [5.41, 5.74) is 3.88. The van der Waals surface area contributed by atoms with E-state index in [1.54, 1.807) is 56.7 Å². The molecule has 0 saturated heterocycles. The second kappa shape index (κ2) is 8.58. The number of carbonyl (C=O) groups excluding carboxylic acids is 2. The van der Waals surface area contributed by atoms with Gasteiger partial charge in [-0.15, -0.1) is 11.3 Å². The molecule has 1 aliphatic carbocycles. The van der Waals surface area contributed by atoms with E-state index in [-0.39, 0.29) is 11.6 Å². The van der Waals surface area contributed by atoms with Crippen LogP contribution in [0.4, 0.5) is 11.5 Å². The van der Waals surface area contributed by atoms with E-state index in [0.29, 0.717) is 45.3 Å². The molecular formula is C28H19N3O4S. The molecule has 176 valence electrons. The zero-order valence-corrected chi connectivity index (χ0v) is 20.2. The summed E-state index contributed by atoms with van der Waals surface area (Å²) in [6, 6.07) is 17.8. The Kier molecular flexibility index (Phi) is 5.23. The van der Waals surface area contributed by atoms with Gasteiger partial charge >= 0.3 is 0 Å². The molecule has 1 N–H and O–H groups in total. The van der Waals surface area contributed by atoms with Crippen LogP contribution >= 0.6 is 11.3 Å². The first-order chi connectivity index (χ1) is 17.6. The number of rotatable bonds is 5. The predicted molar refractivity (Wildman–Crippen MR) is 139 cm³/mol. The predicted octanol–water partition coefficient (Wildman–Crippen LogP) is 5.89. The monoisotopic (exact) mass is 493 g/mol. The number of carbonyl (C=O) groups is 2. The van der Waals surface area contributed by atoms with Crippen molar-refractivity contribution in [1.29, 1.82) is 0 Å². The molecule has 0 radical (unpaired) electrons. The molecule has 2 heterocycles. The summed E-state index contributed by atoms with van der Waals surface area (Å²) in [4.78, 5) is 36.3. The second-order valence-electron chi connectivity index (χ2n) is 8.18. The van der Waals surface area contributed by atoms with Crippen LogP contribution in [0, 0.1) is 0 Å². The highest BCUT2D eigenvalue weighted by Crippen LogP contribution is 2.41. The standard InChI is InChI=1S/C28H19N3O4S/c1-34-21-11-10-15(12-22(21)35-2)19-13-36-28-24(19)27(29-14-30-28)31-20-9-5-8-18-23(20)26(33)17-7-4-3-6-16(17)25(18)32/h3-14H,1-2H3,(H,29,30,31). The van der Waals surface area contributed by atoms with E-state index in [0.717, 1.165) is 21.3 Å². The smallest absolute Gasteiger partial charge is 0.196 e. The maximum Gasteiger partial charge on any atom is 0.196 e. The van der Waals surface area contributed by atoms with Crippen molar-refractivity contribution in [1.82, 2.24) is 9.97 Å². The van der Waals surface area contributed by atoms with Crippen LogP contribution in [0.3, 0.4) is 0 Å². The zero-order chi connectivity index (χ0) is 24.8. The van der Waals surface area contributed by atoms with E-state index in [9.17, 15) is 9.59 Å². The minimum absolute atomic E-state index is 0.168. The molecule has 0 atom stereocenters. The Labute approximate surface area is 210 Å². The molecule has 2 aromatic heterocycles. The van der Waals surface area contributed by atoms with Crippen molar-refractivity contribution in [2.45, 2.75) is 0 Å². The highest BCUT2D eigenvalue weighted by molar-refractivity contribution is 7.17. The maximum absolute atomic E-state index is 13.4. The van der Waals surface area contributed by atoms with Crippen molar-refractivity contribution in [3.8, 4) is 22.6 Å². The number of ketones is 2. The van der Waals surface area contributed by atoms with Gasteiger partial charge in [0.25, 0.3) is 0 Å². The fourth-order valence-corrected chi connectivity index (χ4v) is 5.48. The number of benzene rings is 3. The number of methoxy groups -OCH3 is 2. The van der Waals surface area contributed by atoms with Crippen molar-refractivity contribution < 1.29 is 19.1 Å². The van der Waals surface area contributed by atoms with Crippen molar-refractivity contribution in [2.75, 3.05) is 19.5 Å². The molecule has 6 rings (SSSR count). The largest absolute Gasteiger partial charge is 0.493 e. The first-order valence-corrected chi connectivity index (χ1v) is 12.0. The molecule has 36 heavy (non-hydrogen) atoms. The summed E-state index contributed by atoms with van der Waals surface area (Å²) >= 11 is 1.49. The van der Waals surface area contributed by atoms with E-state index in [2.05, 4.69) is 15.3 Å². The highest BCUT2D eigenvalue weighted by Gasteiger charge is 2.31. The SMILES string of the molecule is COc1ccc(-c2csc3ncnc(Nc4cccc5c4C(=O)c4ccccc4C5=O)c23)cc1OC. The molecule has 0 bridgehead atoms. The quantitative estimate of drug-likeness (QED) is 0.320. The number of hydrogen-bond acceptors (Lipinski definition) is 8. The number of anilines is 2. The molecule has 5 aromatic rings. The van der Waals surface area contributed by atoms with Crippen LogP contribution in [0.5, 0.6) is 11.5 Å². The Balaban J connectivity index is 1.48. The van der Waals surface area contributed by atoms with E-state index in [1.165, 1.54) is 17.7 Å². The van der Waals surface area contributed by atoms with E-state index < -0.39 is 0 Å². The van der Waals surface area contributed by atoms with E-state index in [4.69, 9.17) is 9.47 Å². The Morgan fingerprint density at radius 2 is 1.53 bits per heavy atom. The summed E-state index contributed by atoms with van der Waals surface area (Å²) in [5, 5.41) is 6.15. The molecule has 8 heteroatoms. The van der Waals surface area contributed by atoms with Crippen LogP contribution in [0.25, 0.3) is 21.3 Å². The number of thiophene rings is 1. The third kappa shape index (κ3) is 3.34. The first-order valence-electron chi connectivity index (χ1n) is 11.1. The van der Waals surface area contributed by atoms with Crippen LogP contribution in [-0.4, -0.2) is 35.8 Å². The number of hydrogen-bond donors (Lipinski definition) is 1. The van der Waals surface area contributed by atoms with Gasteiger partial charge in [-0.1, -0.05) is 42.5 Å². The molecular weight excluding hydrogens is 474 g/mol. The number of nitrogens with one attached hydrogen (secondary N) is 1. The molecule has 0 fully saturated rings. The van der Waals surface area contributed by atoms with Crippen LogP contribution in [0.15, 0.2) is 72.4 Å². The molecule has 0 amide bonds. The van der Waals surface area contributed by atoms with Crippen molar-refractivity contribution in [3.63, 3.8) is 0 Å². The average molecular weight is 494 g/mol. The lowest BCUT2D eigenvalue weighted by atomic mass is 9.83. The van der Waals surface area contributed by atoms with Gasteiger partial charge in [0, 0.05) is 27.6 Å². The minimum Gasteiger partial charge on any atom is -0.493 e. The summed E-state index contributed by atoms with van der Waals surface area (Å²) < 4.78 is 10.9. The molecule has 7 nitrogen and oxygen atoms in total. The van der Waals surface area contributed by atoms with Gasteiger partial charge in [-0.3, -0.25) is 9.59 Å². The van der Waals surface area contributed by atoms with Gasteiger partial charge in [-0.25, -0.2) is 9.97 Å². The van der Waals surface area contributed by atoms with Crippen LogP contribution < -0.4 is 14.8 Å². The lowest BCUT2D eigenvalue weighted by molar-refractivity contribution is 0.0979. The lowest BCUT2D eigenvalue weighted by Gasteiger charge is -2.20. The average Bonchev–Trinajstić information content (AvgIpc) is 3.36. The molecule has 0 unspecified atom stereocenters. The maximum atomic E-state index is 13.4. The summed E-state index contributed by atoms with van der Waals surface area (Å²) in [6.45, 7) is 0. The third-order valence-electron chi connectivity index (χ3n) is 6.27. The first kappa shape index (κ1) is 21.9. The van der Waals surface area contributed by atoms with Crippen molar-refractivity contribution in [3.05, 3.63) is 94.6 Å². The van der Waals surface area contributed by atoms with Crippen LogP contribution in [0.2, 0.25) is 0 Å². The Morgan fingerprint density at radius 3 is 2.31 bits per heavy atom. The Morgan fingerprint density at radius 1 is 0.778 bits per heavy atom. The molecule has 0 aliphatic heterocycles. The van der Waals surface area contributed by atoms with Crippen molar-refractivity contribution >= 4 is 44.6 Å². The molecule has 3 aromatic carbocycles. The van der Waals surface area contributed by atoms with Gasteiger partial charge in [0.15, 0.2) is 23.1 Å². The normalized spacial score (nSPS) is 12.3. The zero-order valence-electron chi connectivity index (χ0n) is 19.4. The summed E-state index contributed by atoms with van der Waals surface area (Å²) in [7, 11) is 3.19. The Bertz CT molecular complexity index is 1690. The molecule has 1 aliphatic rings. The van der Waals surface area contributed by atoms with Crippen LogP contribution in [-0.2, 0) is 0 Å². The topological polar surface area (TPSA) is 90.4 Å². The molecule has 0 spiro atoms. The summed E-state index contributed by atoms with van der Waals surface area (Å²) in [6.07, 6.45) is 1.48. The van der Waals surface area contributed by atoms with Gasteiger partial charge in [0.2, 0.25) is 0 Å². The van der Waals surface area contributed by atoms with Crippen molar-refractivity contribution in [2.24, 2.45) is 0 Å². The number of ether oxygens (including phenoxy) is 2. The highest BCUT2D eigenvalue weighted by atomic mass is 32.1. The second-order valence-corrected chi connectivity index (χ2v) is 9.04. The van der Waals surface area contributed by atoms with E-state index in [1.807, 2.05) is 23.6 Å². The van der Waals surface area contributed by atoms with Gasteiger partial charge in [0.1, 0.15) is 17.0 Å². The fourth-order valence-electron chi connectivity index (χ4n) is 4.56. The Hall–Kier alpha value is -4.56. The van der Waals surface area contributed by atoms with Gasteiger partial charge in [-0.2, -0.15) is 0 Å². The number of aromatic nitrogens is 2. The van der Waals surface area contributed by atoms with E-state index >= 15 is 0 Å². The third-order valence-corrected chi connectivity index (χ3v) is 7.16. The summed E-state index contributed by atoms with van der Waals surface area (Å²) in [5.74, 6) is 1.42. The lowest BCUT2D eigenvalue weighted by Crippen LogP contribution is -2.22. The molecule has 0 saturated carbocycles. The number of nitrogens with zero attached hydrogens (tertiary/aromatic N) is 2. The minimum atomic E-state index is -0.195. The van der Waals surface area contributed by atoms with Gasteiger partial charge in [-0.05, 0) is 23.8 Å². The fraction of sp³-hybridized carbons (Fsp3) is 0.0714. The van der Waals surface area contributed by atoms with Gasteiger partial charge in [0.05, 0.1) is 30.9 Å². The number of fused-ring (bicyclic) bond motifs is 3.